The van der Waals surface area contributed by atoms with Crippen LogP contribution < -0.4 is 14.8 Å². The number of carbonyl (C=O) groups excluding carboxylic acids is 2. The van der Waals surface area contributed by atoms with E-state index in [4.69, 9.17) is 13.9 Å². The van der Waals surface area contributed by atoms with E-state index in [1.807, 2.05) is 18.2 Å². The number of ketones is 1. The summed E-state index contributed by atoms with van der Waals surface area (Å²) in [4.78, 5) is 24.4. The van der Waals surface area contributed by atoms with Gasteiger partial charge in [0.25, 0.3) is 5.91 Å². The highest BCUT2D eigenvalue weighted by Crippen LogP contribution is 2.18. The molecule has 8 nitrogen and oxygen atoms in total. The summed E-state index contributed by atoms with van der Waals surface area (Å²) in [5, 5.41) is 10.7. The summed E-state index contributed by atoms with van der Waals surface area (Å²) in [5.74, 6) is 1.11. The van der Waals surface area contributed by atoms with Crippen LogP contribution in [-0.2, 0) is 4.79 Å². The van der Waals surface area contributed by atoms with Crippen molar-refractivity contribution in [3.8, 4) is 23.1 Å². The summed E-state index contributed by atoms with van der Waals surface area (Å²) in [6, 6.07) is 22.7. The molecule has 8 heteroatoms. The maximum atomic E-state index is 12.4. The van der Waals surface area contributed by atoms with Crippen LogP contribution in [-0.4, -0.2) is 41.6 Å². The molecule has 2 aromatic heterocycles. The Balaban J connectivity index is 1.16. The molecule has 0 aliphatic heterocycles. The Labute approximate surface area is 190 Å². The highest BCUT2D eigenvalue weighted by atomic mass is 16.5. The average molecular weight is 443 g/mol. The normalized spacial score (nSPS) is 10.4. The molecular formula is C25H21N3O5. The van der Waals surface area contributed by atoms with Crippen LogP contribution in [0.15, 0.2) is 89.5 Å². The van der Waals surface area contributed by atoms with Gasteiger partial charge in [0, 0.05) is 17.2 Å². The van der Waals surface area contributed by atoms with Gasteiger partial charge in [-0.15, -0.1) is 10.2 Å². The van der Waals surface area contributed by atoms with Gasteiger partial charge in [-0.25, -0.2) is 0 Å². The van der Waals surface area contributed by atoms with E-state index in [1.54, 1.807) is 66.9 Å². The first-order valence-electron chi connectivity index (χ1n) is 10.3. The fourth-order valence-corrected chi connectivity index (χ4v) is 2.96. The quantitative estimate of drug-likeness (QED) is 0.295. The Morgan fingerprint density at radius 1 is 0.818 bits per heavy atom. The van der Waals surface area contributed by atoms with Crippen molar-refractivity contribution in [2.24, 2.45) is 0 Å². The first-order chi connectivity index (χ1) is 16.2. The van der Waals surface area contributed by atoms with E-state index in [-0.39, 0.29) is 31.4 Å². The van der Waals surface area contributed by atoms with Crippen molar-refractivity contribution in [1.82, 2.24) is 15.5 Å². The van der Waals surface area contributed by atoms with E-state index in [0.29, 0.717) is 34.2 Å². The molecule has 1 amide bonds. The maximum absolute atomic E-state index is 12.4. The van der Waals surface area contributed by atoms with Crippen LogP contribution in [0.25, 0.3) is 11.5 Å². The minimum Gasteiger partial charge on any atom is -0.484 e. The van der Waals surface area contributed by atoms with Gasteiger partial charge >= 0.3 is 0 Å². The second kappa shape index (κ2) is 10.7. The number of hydrogen-bond acceptors (Lipinski definition) is 7. The molecule has 0 saturated carbocycles. The van der Waals surface area contributed by atoms with E-state index in [1.165, 1.54) is 0 Å². The topological polar surface area (TPSA) is 104 Å². The summed E-state index contributed by atoms with van der Waals surface area (Å²) in [5.41, 5.74) is 1.78. The van der Waals surface area contributed by atoms with Crippen LogP contribution in [0.3, 0.4) is 0 Å². The van der Waals surface area contributed by atoms with Gasteiger partial charge in [0.15, 0.2) is 18.2 Å². The minimum atomic E-state index is -0.290. The third-order valence-corrected chi connectivity index (χ3v) is 4.61. The zero-order valence-electron chi connectivity index (χ0n) is 17.6. The fourth-order valence-electron chi connectivity index (χ4n) is 2.96. The molecule has 0 bridgehead atoms. The summed E-state index contributed by atoms with van der Waals surface area (Å²) >= 11 is 0. The standard InChI is InChI=1S/C25H21N3O5/c29-23(26-14-16-32-24-13-12-21(27-28-24)22-7-4-15-31-22)17-33-20-10-8-19(9-11-20)25(30)18-5-2-1-3-6-18/h1-13,15H,14,16-17H2,(H,26,29). The zero-order valence-corrected chi connectivity index (χ0v) is 17.6. The molecule has 1 N–H and O–H groups in total. The van der Waals surface area contributed by atoms with Crippen LogP contribution in [0.4, 0.5) is 0 Å². The molecule has 2 aromatic carbocycles. The van der Waals surface area contributed by atoms with Gasteiger partial charge in [0.2, 0.25) is 5.88 Å². The minimum absolute atomic E-state index is 0.0693. The molecule has 0 atom stereocenters. The number of hydrogen-bond donors (Lipinski definition) is 1. The van der Waals surface area contributed by atoms with Crippen LogP contribution >= 0.6 is 0 Å². The number of benzene rings is 2. The Bertz CT molecular complexity index is 1180. The number of rotatable bonds is 10. The summed E-state index contributed by atoms with van der Waals surface area (Å²) in [7, 11) is 0. The maximum Gasteiger partial charge on any atom is 0.258 e. The molecule has 33 heavy (non-hydrogen) atoms. The average Bonchev–Trinajstić information content (AvgIpc) is 3.41. The van der Waals surface area contributed by atoms with Crippen molar-refractivity contribution < 1.29 is 23.5 Å². The lowest BCUT2D eigenvalue weighted by Gasteiger charge is -2.09. The van der Waals surface area contributed by atoms with E-state index < -0.39 is 0 Å². The smallest absolute Gasteiger partial charge is 0.258 e. The lowest BCUT2D eigenvalue weighted by Crippen LogP contribution is -2.32. The number of nitrogens with zero attached hydrogens (tertiary/aromatic N) is 2. The van der Waals surface area contributed by atoms with Crippen molar-refractivity contribution in [1.29, 1.82) is 0 Å². The predicted octanol–water partition coefficient (Wildman–Crippen LogP) is 3.54. The third-order valence-electron chi connectivity index (χ3n) is 4.61. The molecular weight excluding hydrogens is 422 g/mol. The number of carbonyl (C=O) groups is 2. The van der Waals surface area contributed by atoms with E-state index in [0.717, 1.165) is 0 Å². The largest absolute Gasteiger partial charge is 0.484 e. The zero-order chi connectivity index (χ0) is 22.9. The highest BCUT2D eigenvalue weighted by molar-refractivity contribution is 6.08. The third kappa shape index (κ3) is 6.04. The van der Waals surface area contributed by atoms with Gasteiger partial charge < -0.3 is 19.2 Å². The molecule has 0 aliphatic carbocycles. The van der Waals surface area contributed by atoms with Crippen molar-refractivity contribution in [3.63, 3.8) is 0 Å². The van der Waals surface area contributed by atoms with Gasteiger partial charge in [-0.3, -0.25) is 9.59 Å². The molecule has 4 rings (SSSR count). The van der Waals surface area contributed by atoms with Crippen LogP contribution in [0.1, 0.15) is 15.9 Å². The lowest BCUT2D eigenvalue weighted by atomic mass is 10.0. The van der Waals surface area contributed by atoms with Gasteiger partial charge in [0.05, 0.1) is 12.8 Å². The Morgan fingerprint density at radius 2 is 1.61 bits per heavy atom. The van der Waals surface area contributed by atoms with Gasteiger partial charge in [-0.1, -0.05) is 30.3 Å². The van der Waals surface area contributed by atoms with Crippen molar-refractivity contribution in [2.45, 2.75) is 0 Å². The van der Waals surface area contributed by atoms with Crippen LogP contribution in [0, 0.1) is 0 Å². The van der Waals surface area contributed by atoms with E-state index >= 15 is 0 Å². The second-order valence-electron chi connectivity index (χ2n) is 6.94. The molecule has 0 aliphatic rings. The number of ether oxygens (including phenoxy) is 2. The lowest BCUT2D eigenvalue weighted by molar-refractivity contribution is -0.123. The van der Waals surface area contributed by atoms with Gasteiger partial charge in [-0.2, -0.15) is 0 Å². The second-order valence-corrected chi connectivity index (χ2v) is 6.94. The SMILES string of the molecule is O=C(COc1ccc(C(=O)c2ccccc2)cc1)NCCOc1ccc(-c2ccco2)nn1. The molecule has 0 saturated heterocycles. The Kier molecular flexibility index (Phi) is 7.07. The number of furan rings is 1. The molecule has 4 aromatic rings. The fraction of sp³-hybridized carbons (Fsp3) is 0.120. The van der Waals surface area contributed by atoms with Crippen molar-refractivity contribution >= 4 is 11.7 Å². The Hall–Kier alpha value is -4.46. The highest BCUT2D eigenvalue weighted by Gasteiger charge is 2.09. The molecule has 166 valence electrons. The summed E-state index contributed by atoms with van der Waals surface area (Å²) in [6.07, 6.45) is 1.57. The molecule has 0 spiro atoms. The Morgan fingerprint density at radius 3 is 2.30 bits per heavy atom. The predicted molar refractivity (Wildman–Crippen MR) is 120 cm³/mol. The van der Waals surface area contributed by atoms with Gasteiger partial charge in [0.1, 0.15) is 18.1 Å². The number of nitrogens with one attached hydrogen (secondary N) is 1. The number of amides is 1. The summed E-state index contributed by atoms with van der Waals surface area (Å²) < 4.78 is 16.2. The van der Waals surface area contributed by atoms with E-state index in [2.05, 4.69) is 15.5 Å². The first kappa shape index (κ1) is 21.8. The van der Waals surface area contributed by atoms with Crippen molar-refractivity contribution in [2.75, 3.05) is 19.8 Å². The molecule has 0 fully saturated rings. The first-order valence-corrected chi connectivity index (χ1v) is 10.3. The van der Waals surface area contributed by atoms with Crippen LogP contribution in [0.5, 0.6) is 11.6 Å². The van der Waals surface area contributed by atoms with Gasteiger partial charge in [-0.05, 0) is 42.5 Å². The molecule has 0 radical (unpaired) electrons. The summed E-state index contributed by atoms with van der Waals surface area (Å²) in [6.45, 7) is 0.370. The monoisotopic (exact) mass is 443 g/mol. The number of aromatic nitrogens is 2. The molecule has 2 heterocycles. The molecule has 0 unspecified atom stereocenters. The van der Waals surface area contributed by atoms with E-state index in [9.17, 15) is 9.59 Å². The van der Waals surface area contributed by atoms with Crippen LogP contribution in [0.2, 0.25) is 0 Å². The van der Waals surface area contributed by atoms with Crippen molar-refractivity contribution in [3.05, 3.63) is 96.3 Å².